The van der Waals surface area contributed by atoms with Crippen LogP contribution < -0.4 is 10.6 Å². The van der Waals surface area contributed by atoms with Gasteiger partial charge in [-0.1, -0.05) is 12.1 Å². The summed E-state index contributed by atoms with van der Waals surface area (Å²) < 4.78 is 2.21. The summed E-state index contributed by atoms with van der Waals surface area (Å²) in [7, 11) is 0. The number of nitrogens with zero attached hydrogens (tertiary/aromatic N) is 3. The van der Waals surface area contributed by atoms with Gasteiger partial charge in [-0.15, -0.1) is 0 Å². The molecule has 2 aliphatic rings. The van der Waals surface area contributed by atoms with Crippen LogP contribution >= 0.6 is 0 Å². The van der Waals surface area contributed by atoms with Gasteiger partial charge >= 0.3 is 0 Å². The average Bonchev–Trinajstić information content (AvgIpc) is 3.12. The molecule has 1 aliphatic heterocycles. The highest BCUT2D eigenvalue weighted by Crippen LogP contribution is 2.24. The highest BCUT2D eigenvalue weighted by atomic mass is 16.3. The number of amides is 2. The van der Waals surface area contributed by atoms with Crippen LogP contribution in [0.5, 0.6) is 0 Å². The van der Waals surface area contributed by atoms with E-state index in [4.69, 9.17) is 4.98 Å². The van der Waals surface area contributed by atoms with Crippen molar-refractivity contribution in [1.29, 1.82) is 0 Å². The van der Waals surface area contributed by atoms with E-state index in [1.807, 2.05) is 18.2 Å². The third-order valence-electron chi connectivity index (χ3n) is 6.56. The second kappa shape index (κ2) is 9.78. The number of imidazole rings is 1. The number of carbonyl (C=O) groups excluding carboxylic acids is 2. The Morgan fingerprint density at radius 3 is 2.97 bits per heavy atom. The monoisotopic (exact) mass is 427 g/mol. The molecule has 3 N–H and O–H groups in total. The molecule has 2 amide bonds. The lowest BCUT2D eigenvalue weighted by atomic mass is 9.86. The molecule has 168 valence electrons. The van der Waals surface area contributed by atoms with Gasteiger partial charge in [0, 0.05) is 38.5 Å². The zero-order valence-electron chi connectivity index (χ0n) is 18.2. The number of fused-ring (bicyclic) bond motifs is 1. The van der Waals surface area contributed by atoms with Crippen LogP contribution in [0.3, 0.4) is 0 Å². The van der Waals surface area contributed by atoms with Gasteiger partial charge in [0.2, 0.25) is 11.8 Å². The fourth-order valence-corrected chi connectivity index (χ4v) is 5.01. The van der Waals surface area contributed by atoms with E-state index in [-0.39, 0.29) is 23.9 Å². The number of piperazine rings is 1. The molecule has 2 aromatic rings. The molecule has 1 aliphatic carbocycles. The zero-order valence-corrected chi connectivity index (χ0v) is 18.2. The van der Waals surface area contributed by atoms with Crippen molar-refractivity contribution in [3.8, 4) is 0 Å². The maximum atomic E-state index is 12.6. The van der Waals surface area contributed by atoms with Gasteiger partial charge in [-0.2, -0.15) is 0 Å². The van der Waals surface area contributed by atoms with Gasteiger partial charge in [-0.25, -0.2) is 4.98 Å². The van der Waals surface area contributed by atoms with Crippen molar-refractivity contribution >= 4 is 22.8 Å². The van der Waals surface area contributed by atoms with Crippen molar-refractivity contribution in [3.63, 3.8) is 0 Å². The summed E-state index contributed by atoms with van der Waals surface area (Å²) in [6.07, 6.45) is 3.79. The molecule has 4 rings (SSSR count). The summed E-state index contributed by atoms with van der Waals surface area (Å²) in [5.74, 6) is 0.987. The van der Waals surface area contributed by atoms with Crippen LogP contribution in [0.25, 0.3) is 11.0 Å². The van der Waals surface area contributed by atoms with Crippen molar-refractivity contribution in [2.75, 3.05) is 19.6 Å². The first-order chi connectivity index (χ1) is 15.1. The maximum absolute atomic E-state index is 12.6. The number of rotatable bonds is 7. The zero-order chi connectivity index (χ0) is 21.8. The van der Waals surface area contributed by atoms with E-state index in [9.17, 15) is 14.7 Å². The number of aliphatic hydroxyl groups is 1. The Hall–Kier alpha value is -2.45. The molecule has 1 saturated heterocycles. The highest BCUT2D eigenvalue weighted by molar-refractivity contribution is 5.79. The standard InChI is InChI=1S/C23H33N5O3/c1-2-28-18-9-4-3-7-16(18)25-20(28)11-6-12-21(29)26-17-8-5-10-19(23(17)31)27-14-13-24-22(30)15-27/h3-4,7,9,17,19,23,31H,2,5-6,8,10-15H2,1H3,(H,24,30)(H,26,29)/t17-,19-,23-/m1/s1. The Bertz CT molecular complexity index is 927. The van der Waals surface area contributed by atoms with E-state index in [0.29, 0.717) is 25.9 Å². The minimum atomic E-state index is -0.645. The lowest BCUT2D eigenvalue weighted by Gasteiger charge is -2.42. The summed E-state index contributed by atoms with van der Waals surface area (Å²) in [5.41, 5.74) is 2.12. The molecule has 8 nitrogen and oxygen atoms in total. The molecule has 0 bridgehead atoms. The molecule has 1 aromatic heterocycles. The van der Waals surface area contributed by atoms with Gasteiger partial charge in [0.05, 0.1) is 29.7 Å². The van der Waals surface area contributed by atoms with Gasteiger partial charge < -0.3 is 20.3 Å². The van der Waals surface area contributed by atoms with Gasteiger partial charge in [0.15, 0.2) is 0 Å². The first-order valence-corrected chi connectivity index (χ1v) is 11.5. The van der Waals surface area contributed by atoms with Gasteiger partial charge in [0.25, 0.3) is 0 Å². The molecule has 2 fully saturated rings. The second-order valence-electron chi connectivity index (χ2n) is 8.60. The van der Waals surface area contributed by atoms with Crippen molar-refractivity contribution in [2.45, 2.75) is 70.2 Å². The normalized spacial score (nSPS) is 24.8. The summed E-state index contributed by atoms with van der Waals surface area (Å²) in [5, 5.41) is 16.7. The van der Waals surface area contributed by atoms with E-state index in [2.05, 4.69) is 33.1 Å². The third kappa shape index (κ3) is 4.91. The number of hydrogen-bond acceptors (Lipinski definition) is 5. The summed E-state index contributed by atoms with van der Waals surface area (Å²) in [6, 6.07) is 7.78. The first kappa shape index (κ1) is 21.8. The Kier molecular flexibility index (Phi) is 6.87. The lowest BCUT2D eigenvalue weighted by molar-refractivity contribution is -0.128. The molecule has 1 aromatic carbocycles. The minimum Gasteiger partial charge on any atom is -0.389 e. The molecule has 8 heteroatoms. The minimum absolute atomic E-state index is 0.00251. The summed E-state index contributed by atoms with van der Waals surface area (Å²) in [6.45, 7) is 4.64. The Morgan fingerprint density at radius 2 is 2.16 bits per heavy atom. The number of para-hydroxylation sites is 2. The van der Waals surface area contributed by atoms with Crippen LogP contribution in [-0.2, 0) is 22.6 Å². The number of nitrogens with one attached hydrogen (secondary N) is 2. The molecule has 0 radical (unpaired) electrons. The number of benzene rings is 1. The second-order valence-corrected chi connectivity index (χ2v) is 8.60. The molecule has 1 saturated carbocycles. The Labute approximate surface area is 183 Å². The summed E-state index contributed by atoms with van der Waals surface area (Å²) in [4.78, 5) is 31.1. The number of aromatic nitrogens is 2. The van der Waals surface area contributed by atoms with Crippen molar-refractivity contribution in [1.82, 2.24) is 25.1 Å². The van der Waals surface area contributed by atoms with Crippen LogP contribution in [0.4, 0.5) is 0 Å². The van der Waals surface area contributed by atoms with Gasteiger partial charge in [-0.05, 0) is 44.7 Å². The summed E-state index contributed by atoms with van der Waals surface area (Å²) >= 11 is 0. The van der Waals surface area contributed by atoms with Crippen molar-refractivity contribution in [3.05, 3.63) is 30.1 Å². The largest absolute Gasteiger partial charge is 0.389 e. The van der Waals surface area contributed by atoms with Crippen LogP contribution in [0.15, 0.2) is 24.3 Å². The number of hydrogen-bond donors (Lipinski definition) is 3. The smallest absolute Gasteiger partial charge is 0.234 e. The van der Waals surface area contributed by atoms with E-state index >= 15 is 0 Å². The quantitative estimate of drug-likeness (QED) is 0.617. The number of carbonyl (C=O) groups is 2. The molecule has 31 heavy (non-hydrogen) atoms. The fraction of sp³-hybridized carbons (Fsp3) is 0.609. The molecule has 3 atom stereocenters. The van der Waals surface area contributed by atoms with Crippen LogP contribution in [-0.4, -0.2) is 69.2 Å². The highest BCUT2D eigenvalue weighted by Gasteiger charge is 2.37. The molecular formula is C23H33N5O3. The molecular weight excluding hydrogens is 394 g/mol. The van der Waals surface area contributed by atoms with Crippen LogP contribution in [0.2, 0.25) is 0 Å². The van der Waals surface area contributed by atoms with Crippen LogP contribution in [0, 0.1) is 0 Å². The average molecular weight is 428 g/mol. The van der Waals surface area contributed by atoms with E-state index in [1.54, 1.807) is 0 Å². The van der Waals surface area contributed by atoms with Crippen molar-refractivity contribution < 1.29 is 14.7 Å². The Morgan fingerprint density at radius 1 is 1.32 bits per heavy atom. The van der Waals surface area contributed by atoms with Gasteiger partial charge in [0.1, 0.15) is 5.82 Å². The van der Waals surface area contributed by atoms with E-state index in [1.165, 1.54) is 0 Å². The first-order valence-electron chi connectivity index (χ1n) is 11.5. The van der Waals surface area contributed by atoms with Crippen LogP contribution in [0.1, 0.15) is 44.9 Å². The molecule has 0 unspecified atom stereocenters. The third-order valence-corrected chi connectivity index (χ3v) is 6.56. The lowest BCUT2D eigenvalue weighted by Crippen LogP contribution is -2.60. The van der Waals surface area contributed by atoms with E-state index in [0.717, 1.165) is 55.6 Å². The maximum Gasteiger partial charge on any atom is 0.234 e. The molecule has 2 heterocycles. The Balaban J connectivity index is 1.29. The predicted octanol–water partition coefficient (Wildman–Crippen LogP) is 1.21. The SMILES string of the molecule is CCn1c(CCCC(=O)N[C@@H]2CCC[C@@H](N3CCNC(=O)C3)[C@@H]2O)nc2ccccc21. The topological polar surface area (TPSA) is 99.5 Å². The predicted molar refractivity (Wildman–Crippen MR) is 119 cm³/mol. The van der Waals surface area contributed by atoms with E-state index < -0.39 is 6.10 Å². The fourth-order valence-electron chi connectivity index (χ4n) is 5.01. The molecule has 0 spiro atoms. The number of aryl methyl sites for hydroxylation is 2. The van der Waals surface area contributed by atoms with Crippen molar-refractivity contribution in [2.24, 2.45) is 0 Å². The van der Waals surface area contributed by atoms with Gasteiger partial charge in [-0.3, -0.25) is 14.5 Å². The number of aliphatic hydroxyl groups excluding tert-OH is 1.